The molecule has 8 heteroatoms. The fraction of sp³-hybridized carbons (Fsp3) is 0.208. The lowest BCUT2D eigenvalue weighted by Crippen LogP contribution is -3.12. The molecule has 32 heavy (non-hydrogen) atoms. The van der Waals surface area contributed by atoms with Crippen LogP contribution in [0.1, 0.15) is 16.7 Å². The molecule has 1 atom stereocenters. The fourth-order valence-corrected chi connectivity index (χ4v) is 3.23. The second-order valence-electron chi connectivity index (χ2n) is 7.29. The van der Waals surface area contributed by atoms with E-state index in [1.807, 2.05) is 91.0 Å². The number of hydrazine groups is 1. The Bertz CT molecular complexity index is 882. The summed E-state index contributed by atoms with van der Waals surface area (Å²) in [6.07, 6.45) is -1.95. The standard InChI is InChI=1S/C24H25N3O5/c28-23-16-26(29)25-27(23)24(30-17-20-10-4-1-5-11-20,31-18-21-12-6-2-7-13-21)32-19-22-14-8-3-9-15-22/h1-15,25-26H,16-19H2. The zero-order valence-corrected chi connectivity index (χ0v) is 17.5. The first-order valence-electron chi connectivity index (χ1n) is 10.3. The molecule has 1 aliphatic rings. The minimum Gasteiger partial charge on any atom is -0.611 e. The van der Waals surface area contributed by atoms with Gasteiger partial charge in [0, 0.05) is 0 Å². The van der Waals surface area contributed by atoms with Gasteiger partial charge in [-0.05, 0) is 16.7 Å². The number of hydroxylamine groups is 1. The van der Waals surface area contributed by atoms with Crippen molar-refractivity contribution in [1.82, 2.24) is 10.5 Å². The number of ether oxygens (including phenoxy) is 3. The number of quaternary nitrogens is 1. The molecule has 3 aromatic carbocycles. The van der Waals surface area contributed by atoms with Crippen LogP contribution in [-0.2, 0) is 38.8 Å². The third-order valence-corrected chi connectivity index (χ3v) is 4.86. The third kappa shape index (κ3) is 5.57. The van der Waals surface area contributed by atoms with Gasteiger partial charge in [-0.25, -0.2) is 0 Å². The Morgan fingerprint density at radius 2 is 1.12 bits per heavy atom. The zero-order valence-electron chi connectivity index (χ0n) is 17.5. The first-order valence-corrected chi connectivity index (χ1v) is 10.3. The molecular weight excluding hydrogens is 410 g/mol. The van der Waals surface area contributed by atoms with Crippen LogP contribution in [0, 0.1) is 5.21 Å². The Balaban J connectivity index is 1.62. The van der Waals surface area contributed by atoms with E-state index in [4.69, 9.17) is 14.2 Å². The van der Waals surface area contributed by atoms with Crippen LogP contribution >= 0.6 is 0 Å². The topological polar surface area (TPSA) is 87.5 Å². The average molecular weight is 435 g/mol. The highest BCUT2D eigenvalue weighted by Gasteiger charge is 2.50. The Morgan fingerprint density at radius 1 is 0.750 bits per heavy atom. The van der Waals surface area contributed by atoms with Gasteiger partial charge < -0.3 is 19.4 Å². The van der Waals surface area contributed by atoms with Crippen LogP contribution in [0.4, 0.5) is 0 Å². The maximum atomic E-state index is 12.7. The highest BCUT2D eigenvalue weighted by atomic mass is 16.9. The van der Waals surface area contributed by atoms with Crippen LogP contribution in [0.15, 0.2) is 91.0 Å². The van der Waals surface area contributed by atoms with Crippen molar-refractivity contribution in [3.63, 3.8) is 0 Å². The summed E-state index contributed by atoms with van der Waals surface area (Å²) in [4.78, 5) is 12.7. The SMILES string of the molecule is O=C1C[NH+]([O-])NN1C(OCc1ccccc1)(OCc1ccccc1)OCc1ccccc1. The first kappa shape index (κ1) is 22.1. The molecular formula is C24H25N3O5. The van der Waals surface area contributed by atoms with Crippen molar-refractivity contribution in [1.29, 1.82) is 0 Å². The summed E-state index contributed by atoms with van der Waals surface area (Å²) in [5.74, 6) is -0.496. The van der Waals surface area contributed by atoms with Crippen molar-refractivity contribution < 1.29 is 24.2 Å². The number of carbonyl (C=O) groups excluding carboxylic acids is 1. The monoisotopic (exact) mass is 435 g/mol. The molecule has 3 aromatic rings. The summed E-state index contributed by atoms with van der Waals surface area (Å²) >= 11 is 0. The molecule has 1 amide bonds. The summed E-state index contributed by atoms with van der Waals surface area (Å²) in [5.41, 5.74) is 5.11. The Labute approximate surface area is 186 Å². The normalized spacial score (nSPS) is 16.5. The molecule has 1 fully saturated rings. The van der Waals surface area contributed by atoms with Crippen molar-refractivity contribution in [2.45, 2.75) is 25.9 Å². The van der Waals surface area contributed by atoms with E-state index in [-0.39, 0.29) is 26.4 Å². The number of benzene rings is 3. The number of hydrogen-bond acceptors (Lipinski definition) is 6. The zero-order chi connectivity index (χ0) is 22.2. The molecule has 0 aliphatic carbocycles. The molecule has 0 radical (unpaired) electrons. The number of hydrogen-bond donors (Lipinski definition) is 2. The van der Waals surface area contributed by atoms with Gasteiger partial charge in [-0.15, -0.1) is 5.01 Å². The smallest absolute Gasteiger partial charge is 0.398 e. The Hall–Kier alpha value is -3.11. The van der Waals surface area contributed by atoms with Gasteiger partial charge in [-0.1, -0.05) is 96.5 Å². The number of nitrogens with one attached hydrogen (secondary N) is 2. The average Bonchev–Trinajstić information content (AvgIpc) is 3.19. The van der Waals surface area contributed by atoms with Crippen LogP contribution < -0.4 is 10.7 Å². The minimum atomic E-state index is -1.95. The van der Waals surface area contributed by atoms with Gasteiger partial charge in [-0.2, -0.15) is 0 Å². The van der Waals surface area contributed by atoms with Crippen LogP contribution in [-0.4, -0.2) is 23.6 Å². The predicted molar refractivity (Wildman–Crippen MR) is 116 cm³/mol. The summed E-state index contributed by atoms with van der Waals surface area (Å²) in [6, 6.07) is 28.4. The quantitative estimate of drug-likeness (QED) is 0.374. The number of nitrogens with zero attached hydrogens (tertiary/aromatic N) is 1. The van der Waals surface area contributed by atoms with Gasteiger partial charge in [-0.3, -0.25) is 9.97 Å². The van der Waals surface area contributed by atoms with Gasteiger partial charge in [0.15, 0.2) is 6.54 Å². The van der Waals surface area contributed by atoms with Gasteiger partial charge in [0.2, 0.25) is 0 Å². The first-order chi connectivity index (χ1) is 15.6. The summed E-state index contributed by atoms with van der Waals surface area (Å²) in [7, 11) is 0. The van der Waals surface area contributed by atoms with E-state index in [0.29, 0.717) is 0 Å². The van der Waals surface area contributed by atoms with Crippen molar-refractivity contribution in [2.75, 3.05) is 6.54 Å². The lowest BCUT2D eigenvalue weighted by atomic mass is 10.2. The van der Waals surface area contributed by atoms with Gasteiger partial charge in [0.25, 0.3) is 0 Å². The lowest BCUT2D eigenvalue weighted by Gasteiger charge is -2.37. The van der Waals surface area contributed by atoms with Gasteiger partial charge in [0.1, 0.15) is 0 Å². The van der Waals surface area contributed by atoms with Crippen LogP contribution in [0.25, 0.3) is 0 Å². The fourth-order valence-electron chi connectivity index (χ4n) is 3.23. The second kappa shape index (κ2) is 10.5. The van der Waals surface area contributed by atoms with E-state index >= 15 is 0 Å². The maximum absolute atomic E-state index is 12.7. The van der Waals surface area contributed by atoms with Crippen molar-refractivity contribution >= 4 is 5.91 Å². The highest BCUT2D eigenvalue weighted by molar-refractivity contribution is 5.77. The molecule has 2 N–H and O–H groups in total. The third-order valence-electron chi connectivity index (χ3n) is 4.86. The van der Waals surface area contributed by atoms with E-state index in [9.17, 15) is 10.0 Å². The van der Waals surface area contributed by atoms with Gasteiger partial charge >= 0.3 is 12.0 Å². The Kier molecular flexibility index (Phi) is 7.23. The van der Waals surface area contributed by atoms with Crippen LogP contribution in [0.2, 0.25) is 0 Å². The number of rotatable bonds is 10. The van der Waals surface area contributed by atoms with Crippen LogP contribution in [0.5, 0.6) is 0 Å². The molecule has 0 spiro atoms. The number of carbonyl (C=O) groups is 1. The Morgan fingerprint density at radius 3 is 1.44 bits per heavy atom. The van der Waals surface area contributed by atoms with Crippen LogP contribution in [0.3, 0.4) is 0 Å². The van der Waals surface area contributed by atoms with Gasteiger partial charge in [0.05, 0.1) is 19.8 Å². The molecule has 0 aromatic heterocycles. The van der Waals surface area contributed by atoms with Crippen molar-refractivity contribution in [2.24, 2.45) is 0 Å². The summed E-state index contributed by atoms with van der Waals surface area (Å²) in [6.45, 7) is -0.00193. The summed E-state index contributed by atoms with van der Waals surface area (Å²) < 4.78 is 18.3. The number of amides is 1. The predicted octanol–water partition coefficient (Wildman–Crippen LogP) is 1.89. The maximum Gasteiger partial charge on any atom is 0.398 e. The minimum absolute atomic E-state index is 0.101. The molecule has 0 bridgehead atoms. The van der Waals surface area contributed by atoms with E-state index in [2.05, 4.69) is 5.53 Å². The molecule has 1 aliphatic heterocycles. The largest absolute Gasteiger partial charge is 0.611 e. The molecule has 1 saturated heterocycles. The van der Waals surface area contributed by atoms with E-state index < -0.39 is 17.2 Å². The molecule has 1 unspecified atom stereocenters. The van der Waals surface area contributed by atoms with E-state index in [1.165, 1.54) is 0 Å². The van der Waals surface area contributed by atoms with E-state index in [1.54, 1.807) is 0 Å². The van der Waals surface area contributed by atoms with E-state index in [0.717, 1.165) is 21.7 Å². The molecule has 0 saturated carbocycles. The summed E-state index contributed by atoms with van der Waals surface area (Å²) in [5, 5.41) is 12.5. The highest BCUT2D eigenvalue weighted by Crippen LogP contribution is 2.26. The lowest BCUT2D eigenvalue weighted by molar-refractivity contribution is -0.894. The second-order valence-corrected chi connectivity index (χ2v) is 7.29. The van der Waals surface area contributed by atoms with Crippen molar-refractivity contribution in [3.05, 3.63) is 113 Å². The molecule has 8 nitrogen and oxygen atoms in total. The van der Waals surface area contributed by atoms with Crippen molar-refractivity contribution in [3.8, 4) is 0 Å². The molecule has 4 rings (SSSR count). The molecule has 166 valence electrons. The molecule has 1 heterocycles.